The molecule has 0 unspecified atom stereocenters. The zero-order chi connectivity index (χ0) is 14.5. The van der Waals surface area contributed by atoms with Gasteiger partial charge in [0.25, 0.3) is 0 Å². The van der Waals surface area contributed by atoms with Crippen molar-refractivity contribution >= 4 is 29.0 Å². The van der Waals surface area contributed by atoms with Gasteiger partial charge < -0.3 is 4.90 Å². The fourth-order valence-electron chi connectivity index (χ4n) is 2.70. The molecule has 1 amide bonds. The Labute approximate surface area is 130 Å². The van der Waals surface area contributed by atoms with Crippen molar-refractivity contribution in [2.45, 2.75) is 51.8 Å². The van der Waals surface area contributed by atoms with Gasteiger partial charge in [-0.1, -0.05) is 26.7 Å². The predicted octanol–water partition coefficient (Wildman–Crippen LogP) is 4.85. The normalized spacial score (nSPS) is 20.4. The lowest BCUT2D eigenvalue weighted by molar-refractivity contribution is -0.136. The summed E-state index contributed by atoms with van der Waals surface area (Å²) in [5, 5.41) is 0.261. The summed E-state index contributed by atoms with van der Waals surface area (Å²) < 4.78 is 0. The van der Waals surface area contributed by atoms with E-state index in [0.29, 0.717) is 5.91 Å². The lowest BCUT2D eigenvalue weighted by atomic mass is 9.97. The van der Waals surface area contributed by atoms with Gasteiger partial charge >= 0.3 is 0 Å². The van der Waals surface area contributed by atoms with Crippen LogP contribution in [0.15, 0.2) is 12.1 Å². The van der Waals surface area contributed by atoms with Gasteiger partial charge in [0.2, 0.25) is 5.91 Å². The van der Waals surface area contributed by atoms with Crippen LogP contribution in [0, 0.1) is 12.8 Å². The Morgan fingerprint density at radius 1 is 1.45 bits per heavy atom. The molecule has 0 aliphatic carbocycles. The highest BCUT2D eigenvalue weighted by molar-refractivity contribution is 7.99. The van der Waals surface area contributed by atoms with Crippen molar-refractivity contribution in [1.82, 2.24) is 4.90 Å². The van der Waals surface area contributed by atoms with Crippen molar-refractivity contribution < 1.29 is 4.79 Å². The summed E-state index contributed by atoms with van der Waals surface area (Å²) in [6, 6.07) is 4.35. The number of carbonyl (C=O) groups excluding carboxylic acids is 1. The topological polar surface area (TPSA) is 20.3 Å². The Morgan fingerprint density at radius 2 is 2.25 bits per heavy atom. The van der Waals surface area contributed by atoms with Crippen LogP contribution in [-0.4, -0.2) is 23.1 Å². The molecule has 0 aromatic carbocycles. The van der Waals surface area contributed by atoms with Gasteiger partial charge in [-0.2, -0.15) is 0 Å². The van der Waals surface area contributed by atoms with Crippen LogP contribution in [0.2, 0.25) is 0 Å². The summed E-state index contributed by atoms with van der Waals surface area (Å²) in [5.41, 5.74) is 0. The van der Waals surface area contributed by atoms with E-state index in [1.165, 1.54) is 16.2 Å². The number of thioether (sulfide) groups is 1. The smallest absolute Gasteiger partial charge is 0.226 e. The molecule has 112 valence electrons. The summed E-state index contributed by atoms with van der Waals surface area (Å²) >= 11 is 3.74. The van der Waals surface area contributed by atoms with Crippen LogP contribution in [0.5, 0.6) is 0 Å². The van der Waals surface area contributed by atoms with E-state index in [1.807, 2.05) is 23.1 Å². The Hall–Kier alpha value is -0.480. The monoisotopic (exact) mass is 311 g/mol. The standard InChI is InChI=1S/C16H25NOS2/c1-4-6-7-13(5-2)15(18)17-10-11-19-16(17)14-9-8-12(3)20-14/h8-9,13,16H,4-7,10-11H2,1-3H3/t13-,16+/m1/s1. The highest BCUT2D eigenvalue weighted by atomic mass is 32.2. The van der Waals surface area contributed by atoms with Crippen LogP contribution >= 0.6 is 23.1 Å². The molecule has 0 bridgehead atoms. The number of hydrogen-bond donors (Lipinski definition) is 0. The summed E-state index contributed by atoms with van der Waals surface area (Å²) in [4.78, 5) is 17.6. The minimum absolute atomic E-state index is 0.220. The van der Waals surface area contributed by atoms with Gasteiger partial charge in [0.05, 0.1) is 0 Å². The number of rotatable bonds is 6. The molecule has 1 aliphatic rings. The van der Waals surface area contributed by atoms with Gasteiger partial charge in [-0.3, -0.25) is 4.79 Å². The SMILES string of the molecule is CCCC[C@@H](CC)C(=O)N1CCS[C@H]1c1ccc(C)s1. The van der Waals surface area contributed by atoms with E-state index in [9.17, 15) is 4.79 Å². The number of carbonyl (C=O) groups is 1. The van der Waals surface area contributed by atoms with Crippen molar-refractivity contribution in [3.63, 3.8) is 0 Å². The molecule has 2 atom stereocenters. The zero-order valence-corrected chi connectivity index (χ0v) is 14.4. The van der Waals surface area contributed by atoms with E-state index in [2.05, 4.69) is 37.8 Å². The van der Waals surface area contributed by atoms with E-state index in [4.69, 9.17) is 0 Å². The predicted molar refractivity (Wildman–Crippen MR) is 89.3 cm³/mol. The molecule has 20 heavy (non-hydrogen) atoms. The van der Waals surface area contributed by atoms with E-state index >= 15 is 0 Å². The first-order valence-corrected chi connectivity index (χ1v) is 9.52. The van der Waals surface area contributed by atoms with Crippen molar-refractivity contribution in [1.29, 1.82) is 0 Å². The van der Waals surface area contributed by atoms with Crippen molar-refractivity contribution in [3.05, 3.63) is 21.9 Å². The largest absolute Gasteiger partial charge is 0.325 e. The number of nitrogens with zero attached hydrogens (tertiary/aromatic N) is 1. The minimum Gasteiger partial charge on any atom is -0.325 e. The van der Waals surface area contributed by atoms with Gasteiger partial charge in [0, 0.05) is 28.0 Å². The summed E-state index contributed by atoms with van der Waals surface area (Å²) in [6.07, 6.45) is 4.35. The van der Waals surface area contributed by atoms with Crippen molar-refractivity contribution in [2.75, 3.05) is 12.3 Å². The Morgan fingerprint density at radius 3 is 2.85 bits per heavy atom. The zero-order valence-electron chi connectivity index (χ0n) is 12.7. The second-order valence-electron chi connectivity index (χ2n) is 5.45. The van der Waals surface area contributed by atoms with Gasteiger partial charge in [0.15, 0.2) is 0 Å². The van der Waals surface area contributed by atoms with Gasteiger partial charge in [-0.05, 0) is 31.9 Å². The number of amides is 1. The summed E-state index contributed by atoms with van der Waals surface area (Å²) in [7, 11) is 0. The first-order valence-electron chi connectivity index (χ1n) is 7.65. The molecule has 0 saturated carbocycles. The molecule has 1 aliphatic heterocycles. The third kappa shape index (κ3) is 3.59. The average molecular weight is 312 g/mol. The van der Waals surface area contributed by atoms with Crippen LogP contribution in [0.25, 0.3) is 0 Å². The molecule has 0 N–H and O–H groups in total. The van der Waals surface area contributed by atoms with E-state index in [0.717, 1.165) is 31.6 Å². The lowest BCUT2D eigenvalue weighted by Crippen LogP contribution is -2.35. The maximum Gasteiger partial charge on any atom is 0.226 e. The molecule has 1 aromatic rings. The molecule has 2 rings (SSSR count). The second-order valence-corrected chi connectivity index (χ2v) is 7.96. The fraction of sp³-hybridized carbons (Fsp3) is 0.688. The summed E-state index contributed by atoms with van der Waals surface area (Å²) in [5.74, 6) is 1.66. The Bertz CT molecular complexity index is 443. The van der Waals surface area contributed by atoms with Gasteiger partial charge in [-0.25, -0.2) is 0 Å². The van der Waals surface area contributed by atoms with E-state index in [1.54, 1.807) is 0 Å². The van der Waals surface area contributed by atoms with Crippen LogP contribution < -0.4 is 0 Å². The Kier molecular flexibility index (Phi) is 5.97. The van der Waals surface area contributed by atoms with Gasteiger partial charge in [-0.15, -0.1) is 23.1 Å². The maximum absolute atomic E-state index is 12.8. The minimum atomic E-state index is 0.220. The first kappa shape index (κ1) is 15.9. The molecule has 0 radical (unpaired) electrons. The molecular weight excluding hydrogens is 286 g/mol. The summed E-state index contributed by atoms with van der Waals surface area (Å²) in [6.45, 7) is 7.38. The molecule has 1 fully saturated rings. The fourth-order valence-corrected chi connectivity index (χ4v) is 5.08. The number of hydrogen-bond acceptors (Lipinski definition) is 3. The van der Waals surface area contributed by atoms with E-state index < -0.39 is 0 Å². The van der Waals surface area contributed by atoms with Crippen molar-refractivity contribution in [3.8, 4) is 0 Å². The molecule has 1 saturated heterocycles. The second kappa shape index (κ2) is 7.51. The number of unbranched alkanes of at least 4 members (excludes halogenated alkanes) is 1. The van der Waals surface area contributed by atoms with Gasteiger partial charge in [0.1, 0.15) is 5.37 Å². The quantitative estimate of drug-likeness (QED) is 0.748. The average Bonchev–Trinajstić information content (AvgIpc) is 3.07. The highest BCUT2D eigenvalue weighted by Gasteiger charge is 2.34. The van der Waals surface area contributed by atoms with Crippen LogP contribution in [0.4, 0.5) is 0 Å². The number of thiophene rings is 1. The van der Waals surface area contributed by atoms with Crippen LogP contribution in [0.1, 0.15) is 54.7 Å². The molecule has 2 heterocycles. The third-order valence-corrected chi connectivity index (χ3v) is 6.37. The number of aryl methyl sites for hydroxylation is 1. The van der Waals surface area contributed by atoms with E-state index in [-0.39, 0.29) is 11.3 Å². The molecule has 1 aromatic heterocycles. The third-order valence-electron chi connectivity index (χ3n) is 3.93. The highest BCUT2D eigenvalue weighted by Crippen LogP contribution is 2.42. The lowest BCUT2D eigenvalue weighted by Gasteiger charge is -2.27. The molecule has 4 heteroatoms. The molecule has 0 spiro atoms. The molecular formula is C16H25NOS2. The van der Waals surface area contributed by atoms with Crippen LogP contribution in [-0.2, 0) is 4.79 Å². The Balaban J connectivity index is 2.07. The maximum atomic E-state index is 12.8. The molecule has 2 nitrogen and oxygen atoms in total. The van der Waals surface area contributed by atoms with Crippen molar-refractivity contribution in [2.24, 2.45) is 5.92 Å². The van der Waals surface area contributed by atoms with Crippen LogP contribution in [0.3, 0.4) is 0 Å². The first-order chi connectivity index (χ1) is 9.67.